The predicted molar refractivity (Wildman–Crippen MR) is 127 cm³/mol. The number of nitrogens with zero attached hydrogens (tertiary/aromatic N) is 2. The average Bonchev–Trinajstić information content (AvgIpc) is 2.80. The van der Waals surface area contributed by atoms with Crippen LogP contribution in [0.4, 0.5) is 10.1 Å². The molecule has 0 radical (unpaired) electrons. The van der Waals surface area contributed by atoms with Crippen LogP contribution in [-0.2, 0) is 24.3 Å². The van der Waals surface area contributed by atoms with Crippen molar-refractivity contribution in [3.63, 3.8) is 0 Å². The first kappa shape index (κ1) is 22.6. The molecule has 0 unspecified atom stereocenters. The van der Waals surface area contributed by atoms with Gasteiger partial charge in [-0.2, -0.15) is 0 Å². The third kappa shape index (κ3) is 5.79. The van der Waals surface area contributed by atoms with Crippen molar-refractivity contribution in [3.8, 4) is 0 Å². The van der Waals surface area contributed by atoms with Crippen molar-refractivity contribution >= 4 is 35.1 Å². The summed E-state index contributed by atoms with van der Waals surface area (Å²) in [6.45, 7) is 1.90. The summed E-state index contributed by atoms with van der Waals surface area (Å²) in [7, 11) is 0. The van der Waals surface area contributed by atoms with Crippen molar-refractivity contribution in [1.82, 2.24) is 14.9 Å². The molecule has 2 heterocycles. The molecule has 0 fully saturated rings. The van der Waals surface area contributed by atoms with Crippen molar-refractivity contribution in [3.05, 3.63) is 81.5 Å². The number of rotatable bonds is 7. The van der Waals surface area contributed by atoms with Crippen molar-refractivity contribution < 1.29 is 9.18 Å². The number of halogens is 1. The monoisotopic (exact) mass is 470 g/mol. The number of carbonyl (C=O) groups is 1. The smallest absolute Gasteiger partial charge is 0.256 e. The van der Waals surface area contributed by atoms with Crippen LogP contribution in [0.2, 0.25) is 0 Å². The molecule has 3 aromatic rings. The fourth-order valence-electron chi connectivity index (χ4n) is 3.54. The van der Waals surface area contributed by atoms with E-state index >= 15 is 0 Å². The molecule has 0 atom stereocenters. The molecule has 2 aromatic carbocycles. The Hall–Kier alpha value is -2.62. The first-order chi connectivity index (χ1) is 15.5. The fourth-order valence-corrected chi connectivity index (χ4v) is 4.68. The molecule has 166 valence electrons. The number of anilines is 1. The SMILES string of the molecule is CSc1cccc(NC(=O)CSc2nc3c(c(=O)[nH]2)CN(Cc2ccc(F)cc2)CC3)c1. The normalized spacial score (nSPS) is 13.6. The molecule has 9 heteroatoms. The number of benzene rings is 2. The van der Waals surface area contributed by atoms with Gasteiger partial charge in [-0.15, -0.1) is 11.8 Å². The molecule has 0 bridgehead atoms. The number of H-pyrrole nitrogens is 1. The fraction of sp³-hybridized carbons (Fsp3) is 0.261. The molecule has 1 aliphatic rings. The molecular weight excluding hydrogens is 447 g/mol. The number of hydrogen-bond donors (Lipinski definition) is 2. The van der Waals surface area contributed by atoms with Crippen LogP contribution in [0.3, 0.4) is 0 Å². The molecule has 6 nitrogen and oxygen atoms in total. The van der Waals surface area contributed by atoms with Crippen LogP contribution in [0.5, 0.6) is 0 Å². The highest BCUT2D eigenvalue weighted by atomic mass is 32.2. The Morgan fingerprint density at radius 2 is 2.06 bits per heavy atom. The Bertz CT molecular complexity index is 1170. The molecular formula is C23H23FN4O2S2. The van der Waals surface area contributed by atoms with Crippen molar-refractivity contribution in [1.29, 1.82) is 0 Å². The van der Waals surface area contributed by atoms with Gasteiger partial charge in [-0.05, 0) is 42.2 Å². The van der Waals surface area contributed by atoms with E-state index < -0.39 is 0 Å². The summed E-state index contributed by atoms with van der Waals surface area (Å²) in [5.74, 6) is -0.258. The maximum absolute atomic E-state index is 13.1. The summed E-state index contributed by atoms with van der Waals surface area (Å²) in [4.78, 5) is 35.6. The second-order valence-electron chi connectivity index (χ2n) is 7.45. The third-order valence-electron chi connectivity index (χ3n) is 5.14. The first-order valence-corrected chi connectivity index (χ1v) is 12.4. The van der Waals surface area contributed by atoms with Crippen LogP contribution < -0.4 is 10.9 Å². The van der Waals surface area contributed by atoms with Crippen LogP contribution in [0.15, 0.2) is 63.4 Å². The number of fused-ring (bicyclic) bond motifs is 1. The number of amides is 1. The van der Waals surface area contributed by atoms with Crippen molar-refractivity contribution in [2.75, 3.05) is 23.9 Å². The summed E-state index contributed by atoms with van der Waals surface area (Å²) >= 11 is 2.83. The molecule has 0 saturated heterocycles. The zero-order valence-corrected chi connectivity index (χ0v) is 19.2. The minimum atomic E-state index is -0.259. The van der Waals surface area contributed by atoms with E-state index in [4.69, 9.17) is 0 Å². The van der Waals surface area contributed by atoms with Gasteiger partial charge in [0.1, 0.15) is 5.82 Å². The van der Waals surface area contributed by atoms with E-state index in [1.807, 2.05) is 30.5 Å². The molecule has 0 spiro atoms. The van der Waals surface area contributed by atoms with E-state index in [0.717, 1.165) is 28.4 Å². The summed E-state index contributed by atoms with van der Waals surface area (Å²) in [6.07, 6.45) is 2.64. The van der Waals surface area contributed by atoms with Crippen LogP contribution >= 0.6 is 23.5 Å². The van der Waals surface area contributed by atoms with E-state index in [1.54, 1.807) is 23.9 Å². The van der Waals surface area contributed by atoms with Gasteiger partial charge in [-0.3, -0.25) is 14.5 Å². The minimum absolute atomic E-state index is 0.154. The lowest BCUT2D eigenvalue weighted by Gasteiger charge is -2.27. The van der Waals surface area contributed by atoms with Gasteiger partial charge in [0.25, 0.3) is 5.56 Å². The Morgan fingerprint density at radius 3 is 2.84 bits per heavy atom. The summed E-state index contributed by atoms with van der Waals surface area (Å²) in [5, 5.41) is 3.33. The van der Waals surface area contributed by atoms with Crippen molar-refractivity contribution in [2.45, 2.75) is 29.6 Å². The molecule has 1 aliphatic heterocycles. The van der Waals surface area contributed by atoms with Gasteiger partial charge in [-0.1, -0.05) is 30.0 Å². The molecule has 0 saturated carbocycles. The first-order valence-electron chi connectivity index (χ1n) is 10.2. The maximum Gasteiger partial charge on any atom is 0.256 e. The highest BCUT2D eigenvalue weighted by molar-refractivity contribution is 7.99. The lowest BCUT2D eigenvalue weighted by atomic mass is 10.1. The Morgan fingerprint density at radius 1 is 1.25 bits per heavy atom. The van der Waals surface area contributed by atoms with Gasteiger partial charge >= 0.3 is 0 Å². The van der Waals surface area contributed by atoms with E-state index in [-0.39, 0.29) is 23.0 Å². The van der Waals surface area contributed by atoms with Gasteiger partial charge in [0.15, 0.2) is 5.16 Å². The van der Waals surface area contributed by atoms with Gasteiger partial charge in [0.2, 0.25) is 5.91 Å². The second-order valence-corrected chi connectivity index (χ2v) is 9.30. The largest absolute Gasteiger partial charge is 0.325 e. The number of aromatic amines is 1. The number of nitrogens with one attached hydrogen (secondary N) is 2. The molecule has 2 N–H and O–H groups in total. The summed E-state index contributed by atoms with van der Waals surface area (Å²) in [5.41, 5.74) is 3.01. The molecule has 0 aliphatic carbocycles. The summed E-state index contributed by atoms with van der Waals surface area (Å²) < 4.78 is 13.1. The predicted octanol–water partition coefficient (Wildman–Crippen LogP) is 3.92. The van der Waals surface area contributed by atoms with E-state index in [1.165, 1.54) is 23.9 Å². The van der Waals surface area contributed by atoms with Gasteiger partial charge < -0.3 is 10.3 Å². The molecule has 4 rings (SSSR count). The standard InChI is InChI=1S/C23H23FN4O2S2/c1-31-18-4-2-3-17(11-18)25-21(29)14-32-23-26-20-9-10-28(13-19(20)22(30)27-23)12-15-5-7-16(24)8-6-15/h2-8,11H,9-10,12-14H2,1H3,(H,25,29)(H,26,27,30). The highest BCUT2D eigenvalue weighted by Gasteiger charge is 2.21. The van der Waals surface area contributed by atoms with E-state index in [9.17, 15) is 14.0 Å². The third-order valence-corrected chi connectivity index (χ3v) is 6.74. The molecule has 1 amide bonds. The highest BCUT2D eigenvalue weighted by Crippen LogP contribution is 2.21. The number of carbonyl (C=O) groups excluding carboxylic acids is 1. The van der Waals surface area contributed by atoms with Crippen LogP contribution in [0.25, 0.3) is 0 Å². The van der Waals surface area contributed by atoms with Gasteiger partial charge in [0, 0.05) is 36.6 Å². The number of thioether (sulfide) groups is 2. The Labute approximate surface area is 194 Å². The summed E-state index contributed by atoms with van der Waals surface area (Å²) in [6, 6.07) is 14.1. The van der Waals surface area contributed by atoms with Crippen LogP contribution in [-0.4, -0.2) is 39.3 Å². The van der Waals surface area contributed by atoms with Crippen LogP contribution in [0.1, 0.15) is 16.8 Å². The number of aromatic nitrogens is 2. The topological polar surface area (TPSA) is 78.1 Å². The van der Waals surface area contributed by atoms with Gasteiger partial charge in [0.05, 0.1) is 17.0 Å². The Balaban J connectivity index is 1.36. The maximum atomic E-state index is 13.1. The minimum Gasteiger partial charge on any atom is -0.325 e. The zero-order valence-electron chi connectivity index (χ0n) is 17.6. The lowest BCUT2D eigenvalue weighted by molar-refractivity contribution is -0.113. The van der Waals surface area contributed by atoms with Gasteiger partial charge in [-0.25, -0.2) is 9.37 Å². The average molecular weight is 471 g/mol. The van der Waals surface area contributed by atoms with Crippen molar-refractivity contribution in [2.24, 2.45) is 0 Å². The lowest BCUT2D eigenvalue weighted by Crippen LogP contribution is -2.35. The van der Waals surface area contributed by atoms with Crippen LogP contribution in [0, 0.1) is 5.82 Å². The second kappa shape index (κ2) is 10.3. The van der Waals surface area contributed by atoms with E-state index in [2.05, 4.69) is 20.2 Å². The Kier molecular flexibility index (Phi) is 7.29. The zero-order chi connectivity index (χ0) is 22.5. The van der Waals surface area contributed by atoms with E-state index in [0.29, 0.717) is 30.2 Å². The quantitative estimate of drug-likeness (QED) is 0.403. The molecule has 32 heavy (non-hydrogen) atoms. The number of hydrogen-bond acceptors (Lipinski definition) is 6. The molecule has 1 aromatic heterocycles.